The maximum atomic E-state index is 10.1. The second kappa shape index (κ2) is 3.62. The minimum Gasteiger partial charge on any atom is -0.722 e. The van der Waals surface area contributed by atoms with Gasteiger partial charge in [0, 0.05) is 0 Å². The summed E-state index contributed by atoms with van der Waals surface area (Å²) in [6.45, 7) is 0. The van der Waals surface area contributed by atoms with Crippen LogP contribution < -0.4 is 58.2 Å². The molecule has 0 fully saturated rings. The average Bonchev–Trinajstić information content (AvgIpc) is 0.722. The van der Waals surface area contributed by atoms with Gasteiger partial charge in [-0.15, -0.1) is 3.89 Å². The Hall–Kier alpha value is 1.65. The summed E-state index contributed by atoms with van der Waals surface area (Å²) < 4.78 is 35.3. The van der Waals surface area contributed by atoms with E-state index in [-0.39, 0.29) is 58.2 Å². The molecule has 3 nitrogen and oxygen atoms in total. The van der Waals surface area contributed by atoms with Gasteiger partial charge >= 0.3 is 58.2 Å². The molecule has 0 rings (SSSR count). The molecule has 0 radical (unpaired) electrons. The number of rotatable bonds is 0. The Morgan fingerprint density at radius 3 is 1.50 bits per heavy atom. The van der Waals surface area contributed by atoms with Gasteiger partial charge in [-0.2, -0.15) is 0 Å². The first-order valence-corrected chi connectivity index (χ1v) is 1.96. The Morgan fingerprint density at radius 1 is 1.50 bits per heavy atom. The zero-order valence-corrected chi connectivity index (χ0v) is 8.74. The van der Waals surface area contributed by atoms with Gasteiger partial charge in [-0.25, -0.2) is 8.42 Å². The Balaban J connectivity index is 0. The largest absolute Gasteiger partial charge is 1.00 e. The van der Waals surface area contributed by atoms with Crippen molar-refractivity contribution in [1.82, 2.24) is 0 Å². The molecule has 0 aromatic heterocycles. The van der Waals surface area contributed by atoms with Crippen LogP contribution in [0.1, 0.15) is 0 Å². The number of hydrogen-bond acceptors (Lipinski definition) is 3. The van der Waals surface area contributed by atoms with Crippen LogP contribution in [0.5, 0.6) is 0 Å². The molecule has 0 N–H and O–H groups in total. The van der Waals surface area contributed by atoms with Crippen molar-refractivity contribution < 1.29 is 75.0 Å². The molecule has 0 saturated heterocycles. The van der Waals surface area contributed by atoms with Crippen molar-refractivity contribution >= 4 is 10.5 Å². The minimum atomic E-state index is -5.42. The van der Waals surface area contributed by atoms with Crippen molar-refractivity contribution in [3.63, 3.8) is 0 Å². The van der Waals surface area contributed by atoms with Crippen LogP contribution >= 0.6 is 0 Å². The maximum absolute atomic E-state index is 10.1. The van der Waals surface area contributed by atoms with E-state index in [9.17, 15) is 3.89 Å². The standard InChI is InChI=1S/FHO3S.Rb/c1-5(2,3)4;/h(H,2,3,4);/q;+1/p-1. The van der Waals surface area contributed by atoms with E-state index in [0.29, 0.717) is 0 Å². The van der Waals surface area contributed by atoms with Gasteiger partial charge in [0.15, 0.2) is 0 Å². The van der Waals surface area contributed by atoms with Crippen molar-refractivity contribution in [1.29, 1.82) is 0 Å². The molecule has 0 saturated carbocycles. The monoisotopic (exact) mass is 184 g/mol. The van der Waals surface area contributed by atoms with Crippen LogP contribution in [0.4, 0.5) is 3.89 Å². The fraction of sp³-hybridized carbons (Fsp3) is 0. The normalized spacial score (nSPS) is 9.67. The first kappa shape index (κ1) is 10.6. The van der Waals surface area contributed by atoms with E-state index >= 15 is 0 Å². The van der Waals surface area contributed by atoms with Crippen LogP contribution in [0.2, 0.25) is 0 Å². The van der Waals surface area contributed by atoms with Gasteiger partial charge in [-0.05, 0) is 0 Å². The van der Waals surface area contributed by atoms with Gasteiger partial charge in [0.05, 0.1) is 0 Å². The molecular weight excluding hydrogens is 185 g/mol. The van der Waals surface area contributed by atoms with Crippen molar-refractivity contribution in [2.45, 2.75) is 0 Å². The van der Waals surface area contributed by atoms with Gasteiger partial charge in [0.1, 0.15) is 0 Å². The topological polar surface area (TPSA) is 57.2 Å². The zero-order chi connectivity index (χ0) is 4.50. The van der Waals surface area contributed by atoms with Gasteiger partial charge < -0.3 is 4.55 Å². The zero-order valence-electron chi connectivity index (χ0n) is 3.01. The molecule has 0 bridgehead atoms. The molecule has 0 spiro atoms. The van der Waals surface area contributed by atoms with Crippen molar-refractivity contribution in [2.24, 2.45) is 0 Å². The SMILES string of the molecule is O=S(=O)([O-])F.[Rb+]. The Kier molecular flexibility index (Phi) is 6.40. The molecule has 0 aliphatic rings. The summed E-state index contributed by atoms with van der Waals surface area (Å²) in [5.74, 6) is 0. The molecule has 0 heterocycles. The van der Waals surface area contributed by atoms with Crippen LogP contribution in [-0.4, -0.2) is 13.0 Å². The molecule has 0 unspecified atom stereocenters. The Morgan fingerprint density at radius 2 is 1.50 bits per heavy atom. The number of halogens is 1. The molecule has 6 heteroatoms. The minimum absolute atomic E-state index is 0. The van der Waals surface area contributed by atoms with Crippen molar-refractivity contribution in [3.8, 4) is 0 Å². The first-order chi connectivity index (χ1) is 2.00. The van der Waals surface area contributed by atoms with Gasteiger partial charge in [0.25, 0.3) is 10.5 Å². The molecule has 0 aromatic carbocycles. The van der Waals surface area contributed by atoms with Gasteiger partial charge in [-0.3, -0.25) is 0 Å². The van der Waals surface area contributed by atoms with Gasteiger partial charge in [-0.1, -0.05) is 0 Å². The smallest absolute Gasteiger partial charge is 0.722 e. The van der Waals surface area contributed by atoms with E-state index in [2.05, 4.69) is 0 Å². The van der Waals surface area contributed by atoms with E-state index < -0.39 is 10.5 Å². The molecule has 6 heavy (non-hydrogen) atoms. The molecule has 0 atom stereocenters. The third kappa shape index (κ3) is 45.0. The fourth-order valence-electron chi connectivity index (χ4n) is 0. The summed E-state index contributed by atoms with van der Waals surface area (Å²) in [7, 11) is -5.42. The summed E-state index contributed by atoms with van der Waals surface area (Å²) in [6.07, 6.45) is 0. The summed E-state index contributed by atoms with van der Waals surface area (Å²) in [5, 5.41) is 0. The first-order valence-electron chi connectivity index (χ1n) is 0.654. The van der Waals surface area contributed by atoms with E-state index in [4.69, 9.17) is 13.0 Å². The molecule has 32 valence electrons. The van der Waals surface area contributed by atoms with Crippen molar-refractivity contribution in [2.75, 3.05) is 0 Å². The molecule has 0 aliphatic carbocycles. The number of hydrogen-bond donors (Lipinski definition) is 0. The van der Waals surface area contributed by atoms with Crippen molar-refractivity contribution in [3.05, 3.63) is 0 Å². The van der Waals surface area contributed by atoms with Crippen LogP contribution in [0.3, 0.4) is 0 Å². The average molecular weight is 185 g/mol. The van der Waals surface area contributed by atoms with E-state index in [0.717, 1.165) is 0 Å². The molecule has 0 amide bonds. The Bertz CT molecular complexity index is 94.0. The van der Waals surface area contributed by atoms with Crippen LogP contribution in [-0.2, 0) is 10.5 Å². The van der Waals surface area contributed by atoms with E-state index in [1.807, 2.05) is 0 Å². The molecule has 0 aromatic rings. The van der Waals surface area contributed by atoms with Crippen LogP contribution in [0.15, 0.2) is 0 Å². The van der Waals surface area contributed by atoms with E-state index in [1.165, 1.54) is 0 Å². The molecule has 0 aliphatic heterocycles. The summed E-state index contributed by atoms with van der Waals surface area (Å²) >= 11 is 0. The molecular formula is FO3RbS. The van der Waals surface area contributed by atoms with Crippen LogP contribution in [0, 0.1) is 0 Å². The summed E-state index contributed by atoms with van der Waals surface area (Å²) in [6, 6.07) is 0. The maximum Gasteiger partial charge on any atom is 1.00 e. The predicted molar refractivity (Wildman–Crippen MR) is 10.8 cm³/mol. The fourth-order valence-corrected chi connectivity index (χ4v) is 0. The quantitative estimate of drug-likeness (QED) is 0.289. The van der Waals surface area contributed by atoms with Gasteiger partial charge in [0.2, 0.25) is 0 Å². The predicted octanol–water partition coefficient (Wildman–Crippen LogP) is -3.58. The van der Waals surface area contributed by atoms with Crippen LogP contribution in [0.25, 0.3) is 0 Å². The Labute approximate surface area is 83.8 Å². The second-order valence-corrected chi connectivity index (χ2v) is 1.18. The van der Waals surface area contributed by atoms with E-state index in [1.54, 1.807) is 0 Å². The third-order valence-corrected chi connectivity index (χ3v) is 0. The second-order valence-electron chi connectivity index (χ2n) is 0.393. The summed E-state index contributed by atoms with van der Waals surface area (Å²) in [4.78, 5) is 0. The summed E-state index contributed by atoms with van der Waals surface area (Å²) in [5.41, 5.74) is 0. The third-order valence-electron chi connectivity index (χ3n) is 0.